The molecule has 1 aromatic carbocycles. The van der Waals surface area contributed by atoms with Crippen LogP contribution < -0.4 is 10.6 Å². The van der Waals surface area contributed by atoms with E-state index in [0.717, 1.165) is 25.2 Å². The second kappa shape index (κ2) is 5.73. The van der Waals surface area contributed by atoms with Gasteiger partial charge in [-0.1, -0.05) is 12.1 Å². The van der Waals surface area contributed by atoms with Crippen LogP contribution in [-0.2, 0) is 4.74 Å². The Morgan fingerprint density at radius 3 is 2.83 bits per heavy atom. The lowest BCUT2D eigenvalue weighted by molar-refractivity contribution is 0.178. The highest BCUT2D eigenvalue weighted by Gasteiger charge is 2.29. The molecule has 0 atom stereocenters. The number of anilines is 2. The van der Waals surface area contributed by atoms with Crippen molar-refractivity contribution in [3.8, 4) is 0 Å². The summed E-state index contributed by atoms with van der Waals surface area (Å²) in [6.45, 7) is 2.85. The summed E-state index contributed by atoms with van der Waals surface area (Å²) in [6, 6.07) is 7.49. The summed E-state index contributed by atoms with van der Waals surface area (Å²) in [7, 11) is 1.67. The number of methoxy groups -OCH3 is 1. The summed E-state index contributed by atoms with van der Waals surface area (Å²) in [6.07, 6.45) is 0.861. The van der Waals surface area contributed by atoms with Crippen LogP contribution in [0.25, 0.3) is 0 Å². The van der Waals surface area contributed by atoms with Gasteiger partial charge in [-0.3, -0.25) is 4.90 Å². The van der Waals surface area contributed by atoms with E-state index in [2.05, 4.69) is 0 Å². The van der Waals surface area contributed by atoms with Crippen LogP contribution in [-0.4, -0.2) is 44.3 Å². The minimum Gasteiger partial charge on any atom is -0.397 e. The molecule has 5 heteroatoms. The van der Waals surface area contributed by atoms with Gasteiger partial charge in [0.25, 0.3) is 0 Å². The van der Waals surface area contributed by atoms with Crippen LogP contribution in [0.4, 0.5) is 16.2 Å². The largest absolute Gasteiger partial charge is 0.397 e. The van der Waals surface area contributed by atoms with E-state index in [9.17, 15) is 4.79 Å². The Balaban J connectivity index is 2.01. The first kappa shape index (κ1) is 12.7. The maximum absolute atomic E-state index is 12.2. The van der Waals surface area contributed by atoms with Gasteiger partial charge in [0, 0.05) is 33.4 Å². The monoisotopic (exact) mass is 249 g/mol. The van der Waals surface area contributed by atoms with Crippen molar-refractivity contribution >= 4 is 17.4 Å². The van der Waals surface area contributed by atoms with Gasteiger partial charge >= 0.3 is 6.03 Å². The Bertz CT molecular complexity index is 422. The molecule has 0 bridgehead atoms. The molecule has 2 rings (SSSR count). The number of carbonyl (C=O) groups excluding carboxylic acids is 1. The first-order valence-corrected chi connectivity index (χ1v) is 6.14. The van der Waals surface area contributed by atoms with Crippen LogP contribution in [0.5, 0.6) is 0 Å². The minimum atomic E-state index is 0.0315. The summed E-state index contributed by atoms with van der Waals surface area (Å²) < 4.78 is 5.00. The molecule has 2 N–H and O–H groups in total. The first-order valence-electron chi connectivity index (χ1n) is 6.14. The van der Waals surface area contributed by atoms with E-state index in [-0.39, 0.29) is 6.03 Å². The number of nitrogen functional groups attached to an aromatic ring is 1. The van der Waals surface area contributed by atoms with Crippen LogP contribution in [0.15, 0.2) is 24.3 Å². The third-order valence-electron chi connectivity index (χ3n) is 3.10. The fourth-order valence-electron chi connectivity index (χ4n) is 2.15. The standard InChI is InChI=1S/C13H19N3O2/c1-18-10-4-7-15-8-9-16(13(15)17)12-6-3-2-5-11(12)14/h2-3,5-6H,4,7-10,14H2,1H3. The number of urea groups is 1. The maximum Gasteiger partial charge on any atom is 0.324 e. The molecule has 1 saturated heterocycles. The quantitative estimate of drug-likeness (QED) is 0.636. The molecule has 1 aliphatic heterocycles. The lowest BCUT2D eigenvalue weighted by atomic mass is 10.2. The van der Waals surface area contributed by atoms with Crippen molar-refractivity contribution < 1.29 is 9.53 Å². The number of hydrogen-bond acceptors (Lipinski definition) is 3. The summed E-state index contributed by atoms with van der Waals surface area (Å²) in [5.74, 6) is 0. The van der Waals surface area contributed by atoms with Gasteiger partial charge in [0.2, 0.25) is 0 Å². The molecule has 0 aromatic heterocycles. The zero-order valence-electron chi connectivity index (χ0n) is 10.6. The van der Waals surface area contributed by atoms with Crippen LogP contribution in [0, 0.1) is 0 Å². The molecule has 2 amide bonds. The number of nitrogens with two attached hydrogens (primary N) is 1. The number of nitrogens with zero attached hydrogens (tertiary/aromatic N) is 2. The highest BCUT2D eigenvalue weighted by molar-refractivity contribution is 5.97. The first-order chi connectivity index (χ1) is 8.74. The predicted octanol–water partition coefficient (Wildman–Crippen LogP) is 1.55. The number of hydrogen-bond donors (Lipinski definition) is 1. The van der Waals surface area contributed by atoms with E-state index in [0.29, 0.717) is 18.8 Å². The summed E-state index contributed by atoms with van der Waals surface area (Å²) in [5.41, 5.74) is 7.34. The molecule has 0 saturated carbocycles. The second-order valence-corrected chi connectivity index (χ2v) is 4.33. The molecule has 1 aliphatic rings. The zero-order chi connectivity index (χ0) is 13.0. The number of rotatable bonds is 5. The fraction of sp³-hybridized carbons (Fsp3) is 0.462. The molecule has 0 radical (unpaired) electrons. The molecule has 0 unspecified atom stereocenters. The number of para-hydroxylation sites is 2. The Labute approximate surface area is 107 Å². The number of carbonyl (C=O) groups is 1. The van der Waals surface area contributed by atoms with Gasteiger partial charge in [0.05, 0.1) is 11.4 Å². The summed E-state index contributed by atoms with van der Waals surface area (Å²) >= 11 is 0. The lowest BCUT2D eigenvalue weighted by Crippen LogP contribution is -2.33. The molecular weight excluding hydrogens is 230 g/mol. The third kappa shape index (κ3) is 2.56. The Hall–Kier alpha value is -1.75. The van der Waals surface area contributed by atoms with E-state index >= 15 is 0 Å². The van der Waals surface area contributed by atoms with Gasteiger partial charge < -0.3 is 15.4 Å². The van der Waals surface area contributed by atoms with Gasteiger partial charge in [-0.25, -0.2) is 4.79 Å². The molecule has 18 heavy (non-hydrogen) atoms. The Morgan fingerprint density at radius 1 is 1.33 bits per heavy atom. The van der Waals surface area contributed by atoms with Crippen LogP contribution >= 0.6 is 0 Å². The van der Waals surface area contributed by atoms with Gasteiger partial charge in [-0.05, 0) is 18.6 Å². The van der Waals surface area contributed by atoms with Gasteiger partial charge in [-0.2, -0.15) is 0 Å². The average Bonchev–Trinajstić information content (AvgIpc) is 2.72. The van der Waals surface area contributed by atoms with Crippen molar-refractivity contribution in [2.75, 3.05) is 44.0 Å². The van der Waals surface area contributed by atoms with Crippen molar-refractivity contribution in [2.45, 2.75) is 6.42 Å². The number of amides is 2. The zero-order valence-corrected chi connectivity index (χ0v) is 10.6. The van der Waals surface area contributed by atoms with Crippen molar-refractivity contribution in [1.82, 2.24) is 4.90 Å². The normalized spacial score (nSPS) is 15.5. The third-order valence-corrected chi connectivity index (χ3v) is 3.10. The molecule has 0 aliphatic carbocycles. The molecule has 98 valence electrons. The number of benzene rings is 1. The molecule has 1 fully saturated rings. The predicted molar refractivity (Wildman–Crippen MR) is 71.7 cm³/mol. The van der Waals surface area contributed by atoms with E-state index in [1.165, 1.54) is 0 Å². The minimum absolute atomic E-state index is 0.0315. The Kier molecular flexibility index (Phi) is 4.04. The van der Waals surface area contributed by atoms with Crippen LogP contribution in [0.2, 0.25) is 0 Å². The SMILES string of the molecule is COCCCN1CCN(c2ccccc2N)C1=O. The average molecular weight is 249 g/mol. The molecule has 5 nitrogen and oxygen atoms in total. The van der Waals surface area contributed by atoms with Crippen molar-refractivity contribution in [2.24, 2.45) is 0 Å². The maximum atomic E-state index is 12.2. The van der Waals surface area contributed by atoms with Crippen LogP contribution in [0.1, 0.15) is 6.42 Å². The molecule has 1 aromatic rings. The van der Waals surface area contributed by atoms with E-state index in [4.69, 9.17) is 10.5 Å². The van der Waals surface area contributed by atoms with Crippen molar-refractivity contribution in [1.29, 1.82) is 0 Å². The van der Waals surface area contributed by atoms with Gasteiger partial charge in [-0.15, -0.1) is 0 Å². The van der Waals surface area contributed by atoms with E-state index < -0.39 is 0 Å². The highest BCUT2D eigenvalue weighted by Crippen LogP contribution is 2.26. The summed E-state index contributed by atoms with van der Waals surface area (Å²) in [4.78, 5) is 15.8. The molecule has 1 heterocycles. The van der Waals surface area contributed by atoms with Crippen molar-refractivity contribution in [3.63, 3.8) is 0 Å². The van der Waals surface area contributed by atoms with Crippen LogP contribution in [0.3, 0.4) is 0 Å². The van der Waals surface area contributed by atoms with Gasteiger partial charge in [0.1, 0.15) is 0 Å². The van der Waals surface area contributed by atoms with E-state index in [1.807, 2.05) is 29.2 Å². The topological polar surface area (TPSA) is 58.8 Å². The Morgan fingerprint density at radius 2 is 2.11 bits per heavy atom. The van der Waals surface area contributed by atoms with Crippen molar-refractivity contribution in [3.05, 3.63) is 24.3 Å². The van der Waals surface area contributed by atoms with Gasteiger partial charge in [0.15, 0.2) is 0 Å². The molecular formula is C13H19N3O2. The summed E-state index contributed by atoms with van der Waals surface area (Å²) in [5, 5.41) is 0. The van der Waals surface area contributed by atoms with E-state index in [1.54, 1.807) is 12.0 Å². The fourth-order valence-corrected chi connectivity index (χ4v) is 2.15. The molecule has 0 spiro atoms. The highest BCUT2D eigenvalue weighted by atomic mass is 16.5. The second-order valence-electron chi connectivity index (χ2n) is 4.33. The number of ether oxygens (including phenoxy) is 1. The lowest BCUT2D eigenvalue weighted by Gasteiger charge is -2.19. The smallest absolute Gasteiger partial charge is 0.324 e.